The number of benzene rings is 2. The number of hydrogen-bond donors (Lipinski definition) is 0. The van der Waals surface area contributed by atoms with Crippen LogP contribution >= 0.6 is 0 Å². The number of nitro benzene ring substituents is 1. The predicted octanol–water partition coefficient (Wildman–Crippen LogP) is 3.68. The Morgan fingerprint density at radius 2 is 1.76 bits per heavy atom. The fraction of sp³-hybridized carbons (Fsp3) is 0.409. The van der Waals surface area contributed by atoms with Gasteiger partial charge in [-0.05, 0) is 29.2 Å². The van der Waals surface area contributed by atoms with E-state index in [4.69, 9.17) is 4.74 Å². The number of carbonyl (C=O) groups excluding carboxylic acids is 1. The molecule has 29 heavy (non-hydrogen) atoms. The molecule has 1 amide bonds. The third-order valence-corrected chi connectivity index (χ3v) is 5.33. The molecule has 0 saturated carbocycles. The van der Waals surface area contributed by atoms with E-state index in [0.717, 1.165) is 19.6 Å². The summed E-state index contributed by atoms with van der Waals surface area (Å²) >= 11 is 0. The van der Waals surface area contributed by atoms with Gasteiger partial charge in [0, 0.05) is 44.4 Å². The largest absolute Gasteiger partial charge is 0.490 e. The number of methoxy groups -OCH3 is 1. The quantitative estimate of drug-likeness (QED) is 0.549. The highest BCUT2D eigenvalue weighted by molar-refractivity contribution is 5.95. The highest BCUT2D eigenvalue weighted by atomic mass is 16.6. The monoisotopic (exact) mass is 397 g/mol. The number of piperazine rings is 1. The van der Waals surface area contributed by atoms with Crippen molar-refractivity contribution in [1.82, 2.24) is 9.80 Å². The summed E-state index contributed by atoms with van der Waals surface area (Å²) in [5.74, 6) is 0.490. The van der Waals surface area contributed by atoms with Crippen LogP contribution in [0.2, 0.25) is 0 Å². The second kappa shape index (κ2) is 9.05. The maximum absolute atomic E-state index is 12.8. The Kier molecular flexibility index (Phi) is 6.49. The van der Waals surface area contributed by atoms with Gasteiger partial charge in [-0.25, -0.2) is 0 Å². The first-order valence-corrected chi connectivity index (χ1v) is 9.82. The summed E-state index contributed by atoms with van der Waals surface area (Å²) in [4.78, 5) is 27.5. The zero-order chi connectivity index (χ0) is 21.0. The molecule has 154 valence electrons. The van der Waals surface area contributed by atoms with E-state index in [1.54, 1.807) is 11.0 Å². The average molecular weight is 397 g/mol. The standard InChI is InChI=1S/C22H27N3O4/c1-16(2)18-6-4-17(5-7-18)15-23-10-12-24(13-11-23)22(26)19-8-9-21(29-3)20(14-19)25(27)28/h4-9,14,16H,10-13,15H2,1-3H3. The lowest BCUT2D eigenvalue weighted by molar-refractivity contribution is -0.385. The molecule has 2 aromatic rings. The molecular weight excluding hydrogens is 370 g/mol. The second-order valence-corrected chi connectivity index (χ2v) is 7.61. The van der Waals surface area contributed by atoms with Crippen molar-refractivity contribution in [2.24, 2.45) is 0 Å². The van der Waals surface area contributed by atoms with Crippen LogP contribution < -0.4 is 4.74 Å². The summed E-state index contributed by atoms with van der Waals surface area (Å²) in [6.45, 7) is 7.97. The number of rotatable bonds is 6. The maximum Gasteiger partial charge on any atom is 0.311 e. The van der Waals surface area contributed by atoms with Crippen LogP contribution in [0.15, 0.2) is 42.5 Å². The van der Waals surface area contributed by atoms with E-state index in [0.29, 0.717) is 24.6 Å². The third-order valence-electron chi connectivity index (χ3n) is 5.33. The van der Waals surface area contributed by atoms with Gasteiger partial charge in [0.25, 0.3) is 5.91 Å². The lowest BCUT2D eigenvalue weighted by Crippen LogP contribution is -2.48. The molecule has 7 nitrogen and oxygen atoms in total. The van der Waals surface area contributed by atoms with Crippen molar-refractivity contribution >= 4 is 11.6 Å². The third kappa shape index (κ3) is 4.92. The van der Waals surface area contributed by atoms with Gasteiger partial charge in [-0.2, -0.15) is 0 Å². The van der Waals surface area contributed by atoms with Gasteiger partial charge in [-0.15, -0.1) is 0 Å². The minimum absolute atomic E-state index is 0.153. The van der Waals surface area contributed by atoms with Gasteiger partial charge in [-0.3, -0.25) is 19.8 Å². The van der Waals surface area contributed by atoms with E-state index in [1.165, 1.54) is 30.4 Å². The number of nitro groups is 1. The van der Waals surface area contributed by atoms with Gasteiger partial charge in [0.1, 0.15) is 0 Å². The lowest BCUT2D eigenvalue weighted by atomic mass is 10.0. The minimum Gasteiger partial charge on any atom is -0.490 e. The Morgan fingerprint density at radius 1 is 1.10 bits per heavy atom. The van der Waals surface area contributed by atoms with E-state index < -0.39 is 4.92 Å². The molecular formula is C22H27N3O4. The van der Waals surface area contributed by atoms with Crippen LogP contribution in [0.5, 0.6) is 5.75 Å². The van der Waals surface area contributed by atoms with Crippen molar-refractivity contribution < 1.29 is 14.5 Å². The first kappa shape index (κ1) is 20.8. The minimum atomic E-state index is -0.530. The Bertz CT molecular complexity index is 872. The Balaban J connectivity index is 1.59. The van der Waals surface area contributed by atoms with Crippen LogP contribution in [0.4, 0.5) is 5.69 Å². The first-order valence-electron chi connectivity index (χ1n) is 9.82. The molecule has 0 spiro atoms. The molecule has 0 atom stereocenters. The van der Waals surface area contributed by atoms with Crippen LogP contribution in [-0.4, -0.2) is 53.9 Å². The van der Waals surface area contributed by atoms with Crippen molar-refractivity contribution in [3.05, 3.63) is 69.3 Å². The van der Waals surface area contributed by atoms with E-state index >= 15 is 0 Å². The number of carbonyl (C=O) groups is 1. The summed E-state index contributed by atoms with van der Waals surface area (Å²) in [6.07, 6.45) is 0. The lowest BCUT2D eigenvalue weighted by Gasteiger charge is -2.34. The highest BCUT2D eigenvalue weighted by Gasteiger charge is 2.25. The molecule has 1 aliphatic heterocycles. The normalized spacial score (nSPS) is 14.8. The molecule has 0 radical (unpaired) electrons. The molecule has 0 bridgehead atoms. The molecule has 0 N–H and O–H groups in total. The van der Waals surface area contributed by atoms with Gasteiger partial charge in [0.15, 0.2) is 5.75 Å². The van der Waals surface area contributed by atoms with Crippen LogP contribution in [0, 0.1) is 10.1 Å². The zero-order valence-electron chi connectivity index (χ0n) is 17.1. The number of nitrogens with zero attached hydrogens (tertiary/aromatic N) is 3. The predicted molar refractivity (Wildman–Crippen MR) is 111 cm³/mol. The Labute approximate surface area is 171 Å². The topological polar surface area (TPSA) is 75.9 Å². The summed E-state index contributed by atoms with van der Waals surface area (Å²) in [5, 5.41) is 11.2. The molecule has 2 aromatic carbocycles. The zero-order valence-corrected chi connectivity index (χ0v) is 17.1. The SMILES string of the molecule is COc1ccc(C(=O)N2CCN(Cc3ccc(C(C)C)cc3)CC2)cc1[N+](=O)[O-]. The van der Waals surface area contributed by atoms with Gasteiger partial charge >= 0.3 is 5.69 Å². The van der Waals surface area contributed by atoms with Crippen molar-refractivity contribution in [3.8, 4) is 5.75 Å². The molecule has 1 fully saturated rings. The molecule has 0 unspecified atom stereocenters. The summed E-state index contributed by atoms with van der Waals surface area (Å²) in [5.41, 5.74) is 2.72. The van der Waals surface area contributed by atoms with Gasteiger partial charge < -0.3 is 9.64 Å². The first-order chi connectivity index (χ1) is 13.9. The highest BCUT2D eigenvalue weighted by Crippen LogP contribution is 2.28. The molecule has 1 heterocycles. The fourth-order valence-corrected chi connectivity index (χ4v) is 3.52. The maximum atomic E-state index is 12.8. The van der Waals surface area contributed by atoms with E-state index in [-0.39, 0.29) is 17.3 Å². The molecule has 0 aliphatic carbocycles. The molecule has 0 aromatic heterocycles. The van der Waals surface area contributed by atoms with Gasteiger partial charge in [0.2, 0.25) is 0 Å². The average Bonchev–Trinajstić information content (AvgIpc) is 2.73. The number of hydrogen-bond acceptors (Lipinski definition) is 5. The van der Waals surface area contributed by atoms with Crippen molar-refractivity contribution in [3.63, 3.8) is 0 Å². The van der Waals surface area contributed by atoms with Crippen molar-refractivity contribution in [1.29, 1.82) is 0 Å². The smallest absolute Gasteiger partial charge is 0.311 e. The van der Waals surface area contributed by atoms with Crippen molar-refractivity contribution in [2.75, 3.05) is 33.3 Å². The number of amides is 1. The molecule has 3 rings (SSSR count). The Hall–Kier alpha value is -2.93. The Morgan fingerprint density at radius 3 is 2.31 bits per heavy atom. The molecule has 7 heteroatoms. The van der Waals surface area contributed by atoms with Crippen LogP contribution in [0.25, 0.3) is 0 Å². The van der Waals surface area contributed by atoms with E-state index in [1.807, 2.05) is 0 Å². The summed E-state index contributed by atoms with van der Waals surface area (Å²) < 4.78 is 5.00. The molecule has 1 aliphatic rings. The van der Waals surface area contributed by atoms with Crippen molar-refractivity contribution in [2.45, 2.75) is 26.3 Å². The van der Waals surface area contributed by atoms with Crippen LogP contribution in [-0.2, 0) is 6.54 Å². The summed E-state index contributed by atoms with van der Waals surface area (Å²) in [7, 11) is 1.37. The number of ether oxygens (including phenoxy) is 1. The van der Waals surface area contributed by atoms with E-state index in [9.17, 15) is 14.9 Å². The van der Waals surface area contributed by atoms with Crippen LogP contribution in [0.3, 0.4) is 0 Å². The van der Waals surface area contributed by atoms with E-state index in [2.05, 4.69) is 43.0 Å². The van der Waals surface area contributed by atoms with Gasteiger partial charge in [0.05, 0.1) is 12.0 Å². The fourth-order valence-electron chi connectivity index (χ4n) is 3.52. The van der Waals surface area contributed by atoms with Gasteiger partial charge in [-0.1, -0.05) is 38.1 Å². The molecule has 1 saturated heterocycles. The second-order valence-electron chi connectivity index (χ2n) is 7.61. The van der Waals surface area contributed by atoms with Crippen LogP contribution in [0.1, 0.15) is 41.3 Å². The summed E-state index contributed by atoms with van der Waals surface area (Å²) in [6, 6.07) is 13.0.